The summed E-state index contributed by atoms with van der Waals surface area (Å²) in [5, 5.41) is 0. The molecule has 0 radical (unpaired) electrons. The number of carbonyl (C=O) groups excluding carboxylic acids is 1. The molecule has 0 saturated carbocycles. The molecule has 0 bridgehead atoms. The minimum atomic E-state index is 0.136. The predicted octanol–water partition coefficient (Wildman–Crippen LogP) is 3.05. The number of hydrogen-bond donors (Lipinski definition) is 0. The molecule has 0 aliphatic heterocycles. The van der Waals surface area contributed by atoms with Crippen molar-refractivity contribution in [1.29, 1.82) is 0 Å². The first-order valence-corrected chi connectivity index (χ1v) is 5.91. The Morgan fingerprint density at radius 2 is 1.94 bits per heavy atom. The fourth-order valence-electron chi connectivity index (χ4n) is 1.90. The highest BCUT2D eigenvalue weighted by Gasteiger charge is 2.14. The Bertz CT molecular complexity index is 321. The molecule has 2 nitrogen and oxygen atoms in total. The van der Waals surface area contributed by atoms with Gasteiger partial charge in [-0.15, -0.1) is 0 Å². The van der Waals surface area contributed by atoms with Crippen LogP contribution < -0.4 is 0 Å². The monoisotopic (exact) mass is 219 g/mol. The Balaban J connectivity index is 2.72. The van der Waals surface area contributed by atoms with Gasteiger partial charge < -0.3 is 4.90 Å². The van der Waals surface area contributed by atoms with E-state index in [2.05, 4.69) is 31.2 Å². The van der Waals surface area contributed by atoms with E-state index in [-0.39, 0.29) is 5.91 Å². The van der Waals surface area contributed by atoms with Crippen LogP contribution in [0.25, 0.3) is 0 Å². The van der Waals surface area contributed by atoms with Crippen LogP contribution in [0, 0.1) is 0 Å². The Labute approximate surface area is 98.3 Å². The molecule has 1 atom stereocenters. The van der Waals surface area contributed by atoms with Gasteiger partial charge in [0.15, 0.2) is 0 Å². The lowest BCUT2D eigenvalue weighted by Gasteiger charge is -2.23. The number of amides is 1. The van der Waals surface area contributed by atoms with Crippen LogP contribution in [0.5, 0.6) is 0 Å². The van der Waals surface area contributed by atoms with Gasteiger partial charge in [0, 0.05) is 26.4 Å². The molecule has 1 rings (SSSR count). The molecule has 1 amide bonds. The van der Waals surface area contributed by atoms with Crippen LogP contribution in [-0.4, -0.2) is 24.4 Å². The lowest BCUT2D eigenvalue weighted by atomic mass is 9.94. The third-order valence-corrected chi connectivity index (χ3v) is 2.94. The average molecular weight is 219 g/mol. The van der Waals surface area contributed by atoms with Crippen molar-refractivity contribution in [3.05, 3.63) is 35.9 Å². The lowest BCUT2D eigenvalue weighted by Crippen LogP contribution is -2.28. The molecule has 0 aliphatic carbocycles. The molecule has 0 spiro atoms. The Hall–Kier alpha value is -1.31. The van der Waals surface area contributed by atoms with Crippen molar-refractivity contribution in [2.75, 3.05) is 13.6 Å². The zero-order chi connectivity index (χ0) is 12.0. The van der Waals surface area contributed by atoms with E-state index in [1.807, 2.05) is 13.1 Å². The molecule has 1 aromatic carbocycles. The second kappa shape index (κ2) is 6.31. The number of hydrogen-bond acceptors (Lipinski definition) is 1. The van der Waals surface area contributed by atoms with Crippen molar-refractivity contribution in [2.24, 2.45) is 0 Å². The van der Waals surface area contributed by atoms with E-state index in [4.69, 9.17) is 0 Å². The highest BCUT2D eigenvalue weighted by molar-refractivity contribution is 5.72. The molecule has 0 fully saturated rings. The van der Waals surface area contributed by atoms with Crippen molar-refractivity contribution >= 4 is 5.91 Å². The second-order valence-electron chi connectivity index (χ2n) is 4.30. The number of carbonyl (C=O) groups is 1. The van der Waals surface area contributed by atoms with Crippen molar-refractivity contribution in [3.8, 4) is 0 Å². The van der Waals surface area contributed by atoms with Crippen LogP contribution in [0.4, 0.5) is 0 Å². The highest BCUT2D eigenvalue weighted by atomic mass is 16.2. The van der Waals surface area contributed by atoms with Crippen molar-refractivity contribution in [3.63, 3.8) is 0 Å². The maximum Gasteiger partial charge on any atom is 0.219 e. The van der Waals surface area contributed by atoms with Gasteiger partial charge in [0.2, 0.25) is 5.91 Å². The number of likely N-dealkylation sites (N-methyl/N-ethyl adjacent to an activating group) is 1. The normalized spacial score (nSPS) is 12.2. The minimum Gasteiger partial charge on any atom is -0.345 e. The molecule has 0 aliphatic rings. The second-order valence-corrected chi connectivity index (χ2v) is 4.30. The van der Waals surface area contributed by atoms with Gasteiger partial charge in [-0.1, -0.05) is 43.7 Å². The van der Waals surface area contributed by atoms with Crippen LogP contribution in [-0.2, 0) is 4.79 Å². The third kappa shape index (κ3) is 3.69. The van der Waals surface area contributed by atoms with Crippen LogP contribution in [0.3, 0.4) is 0 Å². The van der Waals surface area contributed by atoms with Gasteiger partial charge in [-0.3, -0.25) is 4.79 Å². The summed E-state index contributed by atoms with van der Waals surface area (Å²) in [6, 6.07) is 10.4. The zero-order valence-electron chi connectivity index (χ0n) is 10.4. The topological polar surface area (TPSA) is 20.3 Å². The van der Waals surface area contributed by atoms with E-state index in [1.165, 1.54) is 5.56 Å². The predicted molar refractivity (Wildman–Crippen MR) is 67.4 cm³/mol. The molecular formula is C14H21NO. The van der Waals surface area contributed by atoms with E-state index in [0.29, 0.717) is 5.92 Å². The molecule has 2 heteroatoms. The Morgan fingerprint density at radius 1 is 1.31 bits per heavy atom. The van der Waals surface area contributed by atoms with Crippen molar-refractivity contribution < 1.29 is 4.79 Å². The molecular weight excluding hydrogens is 198 g/mol. The smallest absolute Gasteiger partial charge is 0.219 e. The number of benzene rings is 1. The molecule has 0 aromatic heterocycles. The van der Waals surface area contributed by atoms with E-state index in [1.54, 1.807) is 11.8 Å². The van der Waals surface area contributed by atoms with Crippen LogP contribution in [0.2, 0.25) is 0 Å². The summed E-state index contributed by atoms with van der Waals surface area (Å²) in [7, 11) is 1.87. The zero-order valence-corrected chi connectivity index (χ0v) is 10.4. The first-order valence-electron chi connectivity index (χ1n) is 5.91. The largest absolute Gasteiger partial charge is 0.345 e. The summed E-state index contributed by atoms with van der Waals surface area (Å²) in [5.74, 6) is 0.595. The third-order valence-electron chi connectivity index (χ3n) is 2.94. The van der Waals surface area contributed by atoms with Crippen molar-refractivity contribution in [1.82, 2.24) is 4.90 Å². The summed E-state index contributed by atoms with van der Waals surface area (Å²) < 4.78 is 0. The molecule has 0 saturated heterocycles. The van der Waals surface area contributed by atoms with Gasteiger partial charge in [0.25, 0.3) is 0 Å². The molecule has 88 valence electrons. The van der Waals surface area contributed by atoms with Crippen molar-refractivity contribution in [2.45, 2.75) is 32.6 Å². The average Bonchev–Trinajstić information content (AvgIpc) is 2.29. The van der Waals surface area contributed by atoms with Gasteiger partial charge in [-0.05, 0) is 12.0 Å². The summed E-state index contributed by atoms with van der Waals surface area (Å²) in [4.78, 5) is 13.0. The summed E-state index contributed by atoms with van der Waals surface area (Å²) in [6.45, 7) is 4.62. The molecule has 16 heavy (non-hydrogen) atoms. The SMILES string of the molecule is CCCC(CN(C)C(C)=O)c1ccccc1. The Kier molecular flexibility index (Phi) is 5.03. The van der Waals surface area contributed by atoms with E-state index < -0.39 is 0 Å². The van der Waals surface area contributed by atoms with Crippen LogP contribution in [0.1, 0.15) is 38.2 Å². The lowest BCUT2D eigenvalue weighted by molar-refractivity contribution is -0.127. The maximum absolute atomic E-state index is 11.2. The first kappa shape index (κ1) is 12.8. The maximum atomic E-state index is 11.2. The van der Waals surface area contributed by atoms with E-state index in [0.717, 1.165) is 19.4 Å². The summed E-state index contributed by atoms with van der Waals surface area (Å²) in [6.07, 6.45) is 2.27. The standard InChI is InChI=1S/C14H21NO/c1-4-8-14(11-15(3)12(2)16)13-9-6-5-7-10-13/h5-7,9-10,14H,4,8,11H2,1-3H3. The quantitative estimate of drug-likeness (QED) is 0.745. The van der Waals surface area contributed by atoms with Gasteiger partial charge >= 0.3 is 0 Å². The van der Waals surface area contributed by atoms with Crippen LogP contribution in [0.15, 0.2) is 30.3 Å². The summed E-state index contributed by atoms with van der Waals surface area (Å²) in [5.41, 5.74) is 1.33. The van der Waals surface area contributed by atoms with Gasteiger partial charge in [0.05, 0.1) is 0 Å². The van der Waals surface area contributed by atoms with Gasteiger partial charge in [0.1, 0.15) is 0 Å². The number of rotatable bonds is 5. The molecule has 1 aromatic rings. The minimum absolute atomic E-state index is 0.136. The summed E-state index contributed by atoms with van der Waals surface area (Å²) >= 11 is 0. The fraction of sp³-hybridized carbons (Fsp3) is 0.500. The van der Waals surface area contributed by atoms with Gasteiger partial charge in [-0.2, -0.15) is 0 Å². The molecule has 0 heterocycles. The Morgan fingerprint density at radius 3 is 2.44 bits per heavy atom. The molecule has 0 N–H and O–H groups in total. The first-order chi connectivity index (χ1) is 7.65. The van der Waals surface area contributed by atoms with Crippen LogP contribution >= 0.6 is 0 Å². The van der Waals surface area contributed by atoms with E-state index >= 15 is 0 Å². The number of nitrogens with zero attached hydrogens (tertiary/aromatic N) is 1. The highest BCUT2D eigenvalue weighted by Crippen LogP contribution is 2.21. The fourth-order valence-corrected chi connectivity index (χ4v) is 1.90. The van der Waals surface area contributed by atoms with E-state index in [9.17, 15) is 4.79 Å². The van der Waals surface area contributed by atoms with Gasteiger partial charge in [-0.25, -0.2) is 0 Å². The molecule has 1 unspecified atom stereocenters.